The van der Waals surface area contributed by atoms with Gasteiger partial charge < -0.3 is 21.3 Å². The first-order valence-electron chi connectivity index (χ1n) is 5.06. The molecule has 1 aromatic heterocycles. The van der Waals surface area contributed by atoms with E-state index in [-0.39, 0.29) is 29.7 Å². The number of nitrogens with zero attached hydrogens (tertiary/aromatic N) is 2. The number of nitrogen functional groups attached to an aromatic ring is 1. The second-order valence-corrected chi connectivity index (χ2v) is 3.79. The Morgan fingerprint density at radius 1 is 1.47 bits per heavy atom. The van der Waals surface area contributed by atoms with Gasteiger partial charge in [-0.15, -0.1) is 0 Å². The number of H-pyrrole nitrogens is 1. The van der Waals surface area contributed by atoms with Crippen molar-refractivity contribution in [2.75, 3.05) is 17.6 Å². The normalized spacial score (nSPS) is 17.7. The lowest BCUT2D eigenvalue weighted by Crippen LogP contribution is -2.38. The maximum Gasteiger partial charge on any atom is 0.280 e. The molecule has 2 heterocycles. The van der Waals surface area contributed by atoms with E-state index < -0.39 is 17.8 Å². The highest BCUT2D eigenvalue weighted by Gasteiger charge is 2.24. The second kappa shape index (κ2) is 4.15. The van der Waals surface area contributed by atoms with Crippen LogP contribution < -0.4 is 16.6 Å². The van der Waals surface area contributed by atoms with Crippen molar-refractivity contribution >= 4 is 23.2 Å². The summed E-state index contributed by atoms with van der Waals surface area (Å²) in [6.07, 6.45) is -2.08. The third-order valence-corrected chi connectivity index (χ3v) is 2.40. The average molecular weight is 239 g/mol. The maximum absolute atomic E-state index is 11.6. The number of hydrogen-bond donors (Lipinski definition) is 5. The van der Waals surface area contributed by atoms with Gasteiger partial charge in [-0.05, 0) is 6.92 Å². The van der Waals surface area contributed by atoms with Gasteiger partial charge in [0.1, 0.15) is 6.10 Å². The molecule has 8 heteroatoms. The largest absolute Gasteiger partial charge is 0.390 e. The quantitative estimate of drug-likeness (QED) is 0.430. The van der Waals surface area contributed by atoms with Gasteiger partial charge in [-0.1, -0.05) is 0 Å². The van der Waals surface area contributed by atoms with Crippen LogP contribution in [0.3, 0.4) is 0 Å². The molecule has 17 heavy (non-hydrogen) atoms. The number of rotatable bonds is 2. The fourth-order valence-corrected chi connectivity index (χ4v) is 1.52. The zero-order chi connectivity index (χ0) is 12.6. The van der Waals surface area contributed by atoms with E-state index in [4.69, 9.17) is 5.73 Å². The van der Waals surface area contributed by atoms with Gasteiger partial charge >= 0.3 is 0 Å². The molecule has 0 unspecified atom stereocenters. The Bertz CT molecular complexity index is 522. The highest BCUT2D eigenvalue weighted by Crippen LogP contribution is 2.22. The van der Waals surface area contributed by atoms with Crippen LogP contribution in [0.15, 0.2) is 9.79 Å². The molecule has 0 aromatic carbocycles. The smallest absolute Gasteiger partial charge is 0.280 e. The highest BCUT2D eigenvalue weighted by atomic mass is 16.3. The van der Waals surface area contributed by atoms with Crippen molar-refractivity contribution in [1.29, 1.82) is 0 Å². The summed E-state index contributed by atoms with van der Waals surface area (Å²) in [5, 5.41) is 21.7. The van der Waals surface area contributed by atoms with Gasteiger partial charge in [0, 0.05) is 0 Å². The minimum absolute atomic E-state index is 0.00373. The molecule has 0 aliphatic carbocycles. The molecule has 8 nitrogen and oxygen atoms in total. The Morgan fingerprint density at radius 3 is 2.82 bits per heavy atom. The molecule has 6 N–H and O–H groups in total. The number of anilines is 2. The van der Waals surface area contributed by atoms with Crippen LogP contribution in [0.4, 0.5) is 17.5 Å². The van der Waals surface area contributed by atoms with E-state index >= 15 is 0 Å². The zero-order valence-electron chi connectivity index (χ0n) is 9.14. The number of nitrogens with two attached hydrogens (primary N) is 1. The predicted molar refractivity (Wildman–Crippen MR) is 62.5 cm³/mol. The number of aliphatic hydroxyl groups is 2. The first-order valence-corrected chi connectivity index (χ1v) is 5.06. The summed E-state index contributed by atoms with van der Waals surface area (Å²) in [7, 11) is 0. The number of aliphatic imine (C=N–C) groups is 1. The van der Waals surface area contributed by atoms with E-state index in [9.17, 15) is 15.0 Å². The van der Waals surface area contributed by atoms with Crippen molar-refractivity contribution in [3.8, 4) is 0 Å². The molecule has 0 saturated carbocycles. The molecule has 0 saturated heterocycles. The summed E-state index contributed by atoms with van der Waals surface area (Å²) in [6, 6.07) is 0. The maximum atomic E-state index is 11.6. The van der Waals surface area contributed by atoms with E-state index in [0.29, 0.717) is 0 Å². The van der Waals surface area contributed by atoms with Gasteiger partial charge in [0.15, 0.2) is 11.5 Å². The van der Waals surface area contributed by atoms with Gasteiger partial charge in [0.2, 0.25) is 5.95 Å². The summed E-state index contributed by atoms with van der Waals surface area (Å²) in [4.78, 5) is 21.7. The lowest BCUT2D eigenvalue weighted by atomic mass is 10.1. The van der Waals surface area contributed by atoms with Crippen LogP contribution in [0.5, 0.6) is 0 Å². The molecule has 0 spiro atoms. The summed E-state index contributed by atoms with van der Waals surface area (Å²) < 4.78 is 0. The minimum atomic E-state index is -1.12. The van der Waals surface area contributed by atoms with Gasteiger partial charge in [0.05, 0.1) is 18.4 Å². The van der Waals surface area contributed by atoms with Crippen LogP contribution in [-0.2, 0) is 0 Å². The van der Waals surface area contributed by atoms with E-state index in [1.54, 1.807) is 0 Å². The number of aromatic amines is 1. The zero-order valence-corrected chi connectivity index (χ0v) is 9.14. The molecular formula is C9H13N5O3. The van der Waals surface area contributed by atoms with Crippen LogP contribution >= 0.6 is 0 Å². The third-order valence-electron chi connectivity index (χ3n) is 2.40. The molecule has 92 valence electrons. The first-order chi connectivity index (χ1) is 7.99. The Labute approximate surface area is 96.2 Å². The molecule has 1 aliphatic heterocycles. The van der Waals surface area contributed by atoms with Gasteiger partial charge in [-0.25, -0.2) is 4.99 Å². The highest BCUT2D eigenvalue weighted by molar-refractivity contribution is 5.97. The fourth-order valence-electron chi connectivity index (χ4n) is 1.52. The minimum Gasteiger partial charge on any atom is -0.390 e. The number of aromatic nitrogens is 2. The molecule has 1 aromatic rings. The van der Waals surface area contributed by atoms with Gasteiger partial charge in [-0.3, -0.25) is 9.78 Å². The SMILES string of the molecule is C[C@@H](O)[C@@H](O)C1=Nc2c(nc(N)[nH]c2=O)NC1. The molecule has 2 rings (SSSR count). The van der Waals surface area contributed by atoms with E-state index in [0.717, 1.165) is 0 Å². The van der Waals surface area contributed by atoms with Crippen LogP contribution in [0.2, 0.25) is 0 Å². The topological polar surface area (TPSA) is 137 Å². The Balaban J connectivity index is 2.45. The Kier molecular flexibility index (Phi) is 2.82. The molecule has 0 radical (unpaired) electrons. The van der Waals surface area contributed by atoms with Crippen LogP contribution in [-0.4, -0.2) is 44.6 Å². The lowest BCUT2D eigenvalue weighted by molar-refractivity contribution is 0.0731. The van der Waals surface area contributed by atoms with E-state index in [1.807, 2.05) is 0 Å². The molecule has 0 fully saturated rings. The fraction of sp³-hybridized carbons (Fsp3) is 0.444. The van der Waals surface area contributed by atoms with Crippen LogP contribution in [0.1, 0.15) is 6.92 Å². The number of aliphatic hydroxyl groups excluding tert-OH is 2. The summed E-state index contributed by atoms with van der Waals surface area (Å²) in [6.45, 7) is 1.64. The summed E-state index contributed by atoms with van der Waals surface area (Å²) in [5.74, 6) is 0.267. The second-order valence-electron chi connectivity index (χ2n) is 3.79. The predicted octanol–water partition coefficient (Wildman–Crippen LogP) is -1.41. The summed E-state index contributed by atoms with van der Waals surface area (Å²) in [5.41, 5.74) is 5.23. The van der Waals surface area contributed by atoms with Crippen LogP contribution in [0, 0.1) is 0 Å². The van der Waals surface area contributed by atoms with E-state index in [1.165, 1.54) is 6.92 Å². The van der Waals surface area contributed by atoms with Crippen LogP contribution in [0.25, 0.3) is 0 Å². The molecule has 0 amide bonds. The van der Waals surface area contributed by atoms with Crippen molar-refractivity contribution in [2.24, 2.45) is 4.99 Å². The summed E-state index contributed by atoms with van der Waals surface area (Å²) >= 11 is 0. The van der Waals surface area contributed by atoms with Gasteiger partial charge in [-0.2, -0.15) is 4.98 Å². The van der Waals surface area contributed by atoms with Crippen molar-refractivity contribution in [3.63, 3.8) is 0 Å². The standard InChI is InChI=1S/C9H13N5O3/c1-3(15)6(16)4-2-11-7-5(12-4)8(17)14-9(10)13-7/h3,6,15-16H,2H2,1H3,(H4,10,11,13,14,17)/t3-,6-/m1/s1. The number of hydrogen-bond acceptors (Lipinski definition) is 7. The molecule has 1 aliphatic rings. The average Bonchev–Trinajstić information content (AvgIpc) is 2.27. The van der Waals surface area contributed by atoms with Crippen molar-refractivity contribution in [3.05, 3.63) is 10.4 Å². The number of nitrogens with one attached hydrogen (secondary N) is 2. The molecule has 0 bridgehead atoms. The number of fused-ring (bicyclic) bond motifs is 1. The third kappa shape index (κ3) is 2.12. The monoisotopic (exact) mass is 239 g/mol. The molecular weight excluding hydrogens is 226 g/mol. The lowest BCUT2D eigenvalue weighted by Gasteiger charge is -2.21. The van der Waals surface area contributed by atoms with Crippen molar-refractivity contribution in [1.82, 2.24) is 9.97 Å². The molecule has 2 atom stereocenters. The first kappa shape index (κ1) is 11.6. The van der Waals surface area contributed by atoms with Crippen molar-refractivity contribution in [2.45, 2.75) is 19.1 Å². The van der Waals surface area contributed by atoms with Crippen molar-refractivity contribution < 1.29 is 10.2 Å². The van der Waals surface area contributed by atoms with Gasteiger partial charge in [0.25, 0.3) is 5.56 Å². The Morgan fingerprint density at radius 2 is 2.18 bits per heavy atom. The van der Waals surface area contributed by atoms with E-state index in [2.05, 4.69) is 20.3 Å². The Hall–Kier alpha value is -1.93.